The molecule has 0 bridgehead atoms. The Morgan fingerprint density at radius 1 is 1.14 bits per heavy atom. The Bertz CT molecular complexity index is 744. The highest BCUT2D eigenvalue weighted by atomic mass is 16.1. The lowest BCUT2D eigenvalue weighted by molar-refractivity contribution is -0.127. The number of tetrazole rings is 1. The van der Waals surface area contributed by atoms with E-state index in [1.54, 1.807) is 0 Å². The largest absolute Gasteiger partial charge is 0.348 e. The summed E-state index contributed by atoms with van der Waals surface area (Å²) >= 11 is 0. The molecule has 2 aliphatic heterocycles. The number of benzene rings is 1. The van der Waals surface area contributed by atoms with Crippen molar-refractivity contribution in [2.24, 2.45) is 5.92 Å². The van der Waals surface area contributed by atoms with Gasteiger partial charge in [-0.05, 0) is 57.3 Å². The van der Waals surface area contributed by atoms with Crippen molar-refractivity contribution >= 4 is 5.91 Å². The van der Waals surface area contributed by atoms with Crippen LogP contribution >= 0.6 is 0 Å². The van der Waals surface area contributed by atoms with Gasteiger partial charge in [-0.15, -0.1) is 10.2 Å². The lowest BCUT2D eigenvalue weighted by atomic mass is 9.93. The molecule has 8 nitrogen and oxygen atoms in total. The Labute approximate surface area is 172 Å². The zero-order valence-corrected chi connectivity index (χ0v) is 17.0. The maximum atomic E-state index is 12.6. The van der Waals surface area contributed by atoms with E-state index < -0.39 is 0 Å². The fourth-order valence-corrected chi connectivity index (χ4v) is 4.56. The predicted molar refractivity (Wildman–Crippen MR) is 110 cm³/mol. The van der Waals surface area contributed by atoms with E-state index >= 15 is 0 Å². The third kappa shape index (κ3) is 5.61. The second kappa shape index (κ2) is 9.93. The molecule has 0 unspecified atom stereocenters. The Balaban J connectivity index is 1.19. The van der Waals surface area contributed by atoms with E-state index in [9.17, 15) is 4.79 Å². The summed E-state index contributed by atoms with van der Waals surface area (Å²) in [7, 11) is 0. The molecular formula is C21H31N7O. The molecule has 29 heavy (non-hydrogen) atoms. The molecule has 0 radical (unpaired) electrons. The number of amides is 1. The fourth-order valence-electron chi connectivity index (χ4n) is 4.56. The van der Waals surface area contributed by atoms with Crippen molar-refractivity contribution in [3.8, 4) is 0 Å². The molecule has 8 heteroatoms. The topological polar surface area (TPSA) is 90.0 Å². The summed E-state index contributed by atoms with van der Waals surface area (Å²) < 4.78 is 0. The van der Waals surface area contributed by atoms with Gasteiger partial charge < -0.3 is 10.2 Å². The third-order valence-corrected chi connectivity index (χ3v) is 6.27. The molecule has 1 atom stereocenters. The van der Waals surface area contributed by atoms with E-state index in [2.05, 4.69) is 66.1 Å². The highest BCUT2D eigenvalue weighted by Crippen LogP contribution is 2.24. The van der Waals surface area contributed by atoms with Gasteiger partial charge >= 0.3 is 0 Å². The Morgan fingerprint density at radius 3 is 2.72 bits per heavy atom. The van der Waals surface area contributed by atoms with E-state index in [0.717, 1.165) is 52.0 Å². The van der Waals surface area contributed by atoms with Gasteiger partial charge in [-0.25, -0.2) is 0 Å². The second-order valence-electron chi connectivity index (χ2n) is 8.19. The van der Waals surface area contributed by atoms with Crippen LogP contribution in [0.1, 0.15) is 37.1 Å². The Hall–Kier alpha value is -2.32. The molecule has 1 aromatic heterocycles. The molecule has 1 amide bonds. The van der Waals surface area contributed by atoms with Crippen LogP contribution < -0.4 is 5.32 Å². The van der Waals surface area contributed by atoms with Gasteiger partial charge in [0.1, 0.15) is 0 Å². The van der Waals surface area contributed by atoms with E-state index in [0.29, 0.717) is 18.4 Å². The monoisotopic (exact) mass is 397 g/mol. The van der Waals surface area contributed by atoms with Crippen LogP contribution in [0.15, 0.2) is 30.3 Å². The van der Waals surface area contributed by atoms with Crippen molar-refractivity contribution < 1.29 is 4.79 Å². The van der Waals surface area contributed by atoms with Crippen LogP contribution in [0.4, 0.5) is 0 Å². The number of nitrogens with zero attached hydrogens (tertiary/aromatic N) is 5. The number of rotatable bonds is 7. The van der Waals surface area contributed by atoms with Gasteiger partial charge in [-0.3, -0.25) is 9.69 Å². The van der Waals surface area contributed by atoms with Crippen LogP contribution in [0.3, 0.4) is 0 Å². The van der Waals surface area contributed by atoms with E-state index in [4.69, 9.17) is 0 Å². The molecule has 0 spiro atoms. The first-order valence-corrected chi connectivity index (χ1v) is 10.8. The zero-order valence-electron chi connectivity index (χ0n) is 17.0. The van der Waals surface area contributed by atoms with Gasteiger partial charge in [0.05, 0.1) is 12.5 Å². The fraction of sp³-hybridized carbons (Fsp3) is 0.619. The van der Waals surface area contributed by atoms with Gasteiger partial charge in [0.15, 0.2) is 5.82 Å². The molecule has 1 aromatic carbocycles. The van der Waals surface area contributed by atoms with Crippen molar-refractivity contribution in [1.29, 1.82) is 0 Å². The third-order valence-electron chi connectivity index (χ3n) is 6.27. The molecule has 2 fully saturated rings. The zero-order chi connectivity index (χ0) is 19.9. The summed E-state index contributed by atoms with van der Waals surface area (Å²) in [5.74, 6) is 0.695. The van der Waals surface area contributed by atoms with Crippen LogP contribution in [0.5, 0.6) is 0 Å². The minimum atomic E-state index is 0.0618. The molecule has 2 aliphatic rings. The first kappa shape index (κ1) is 20.0. The Morgan fingerprint density at radius 2 is 1.97 bits per heavy atom. The molecule has 4 rings (SSSR count). The minimum Gasteiger partial charge on any atom is -0.348 e. The molecule has 0 saturated carbocycles. The average Bonchev–Trinajstić information content (AvgIpc) is 3.31. The number of H-pyrrole nitrogens is 1. The number of aromatic amines is 1. The summed E-state index contributed by atoms with van der Waals surface area (Å²) in [4.78, 5) is 17.7. The van der Waals surface area contributed by atoms with Gasteiger partial charge in [0.2, 0.25) is 5.91 Å². The number of hydrogen-bond acceptors (Lipinski definition) is 6. The van der Waals surface area contributed by atoms with Crippen LogP contribution in [0.25, 0.3) is 0 Å². The smallest absolute Gasteiger partial charge is 0.224 e. The predicted octanol–water partition coefficient (Wildman–Crippen LogP) is 1.23. The van der Waals surface area contributed by atoms with E-state index in [1.807, 2.05) is 0 Å². The highest BCUT2D eigenvalue weighted by Gasteiger charge is 2.31. The van der Waals surface area contributed by atoms with Crippen molar-refractivity contribution in [2.45, 2.75) is 44.7 Å². The summed E-state index contributed by atoms with van der Waals surface area (Å²) in [5.41, 5.74) is 1.42. The molecule has 3 heterocycles. The average molecular weight is 398 g/mol. The molecular weight excluding hydrogens is 366 g/mol. The first-order chi connectivity index (χ1) is 14.3. The summed E-state index contributed by atoms with van der Waals surface area (Å²) in [6, 6.07) is 11.3. The summed E-state index contributed by atoms with van der Waals surface area (Å²) in [6.45, 7) is 5.77. The molecule has 0 aliphatic carbocycles. The van der Waals surface area contributed by atoms with Gasteiger partial charge in [0, 0.05) is 19.1 Å². The number of hydrogen-bond donors (Lipinski definition) is 2. The number of nitrogens with one attached hydrogen (secondary N) is 2. The molecule has 2 N–H and O–H groups in total. The van der Waals surface area contributed by atoms with E-state index in [-0.39, 0.29) is 11.8 Å². The first-order valence-electron chi connectivity index (χ1n) is 10.8. The van der Waals surface area contributed by atoms with Crippen LogP contribution in [-0.4, -0.2) is 75.1 Å². The number of carbonyl (C=O) groups excluding carboxylic acids is 1. The number of aromatic nitrogens is 4. The lowest BCUT2D eigenvalue weighted by Crippen LogP contribution is -2.50. The quantitative estimate of drug-likeness (QED) is 0.731. The Kier molecular flexibility index (Phi) is 6.84. The SMILES string of the molecule is O=C(NCc1nn[nH]n1)[C@@H]1CCCN(C2CCN(CCc3ccccc3)CC2)C1. The van der Waals surface area contributed by atoms with Crippen molar-refractivity contribution in [3.05, 3.63) is 41.7 Å². The molecule has 2 saturated heterocycles. The maximum absolute atomic E-state index is 12.6. The lowest BCUT2D eigenvalue weighted by Gasteiger charge is -2.42. The van der Waals surface area contributed by atoms with Crippen LogP contribution in [0.2, 0.25) is 0 Å². The van der Waals surface area contributed by atoms with E-state index in [1.165, 1.54) is 18.4 Å². The molecule has 156 valence electrons. The van der Waals surface area contributed by atoms with Crippen LogP contribution in [0, 0.1) is 5.92 Å². The van der Waals surface area contributed by atoms with Gasteiger partial charge in [-0.2, -0.15) is 5.21 Å². The number of carbonyl (C=O) groups is 1. The van der Waals surface area contributed by atoms with Gasteiger partial charge in [-0.1, -0.05) is 35.5 Å². The molecule has 2 aromatic rings. The van der Waals surface area contributed by atoms with Gasteiger partial charge in [0.25, 0.3) is 0 Å². The van der Waals surface area contributed by atoms with Crippen molar-refractivity contribution in [3.63, 3.8) is 0 Å². The van der Waals surface area contributed by atoms with Crippen LogP contribution in [-0.2, 0) is 17.8 Å². The normalized spacial score (nSPS) is 21.9. The van der Waals surface area contributed by atoms with Crippen molar-refractivity contribution in [1.82, 2.24) is 35.7 Å². The number of piperidine rings is 2. The minimum absolute atomic E-state index is 0.0618. The maximum Gasteiger partial charge on any atom is 0.224 e. The highest BCUT2D eigenvalue weighted by molar-refractivity contribution is 5.78. The summed E-state index contributed by atoms with van der Waals surface area (Å²) in [5, 5.41) is 16.7. The standard InChI is InChI=1S/C21H31N7O/c29-21(22-15-20-23-25-26-24-20)18-7-4-11-28(16-18)19-9-13-27(14-10-19)12-8-17-5-2-1-3-6-17/h1-3,5-6,18-19H,4,7-16H2,(H,22,29)(H,23,24,25,26)/t18-/m1/s1. The second-order valence-corrected chi connectivity index (χ2v) is 8.19. The number of likely N-dealkylation sites (tertiary alicyclic amines) is 2. The van der Waals surface area contributed by atoms with Crippen molar-refractivity contribution in [2.75, 3.05) is 32.7 Å². The summed E-state index contributed by atoms with van der Waals surface area (Å²) in [6.07, 6.45) is 5.58.